The van der Waals surface area contributed by atoms with Gasteiger partial charge in [0.15, 0.2) is 0 Å². The lowest BCUT2D eigenvalue weighted by atomic mass is 10.1. The second kappa shape index (κ2) is 10.3. The Morgan fingerprint density at radius 1 is 1.12 bits per heavy atom. The van der Waals surface area contributed by atoms with E-state index in [4.69, 9.17) is 16.2 Å². The number of nitrogens with one attached hydrogen (secondary N) is 2. The minimum Gasteiger partial charge on any atom is -0.406 e. The summed E-state index contributed by atoms with van der Waals surface area (Å²) in [7, 11) is 0. The third kappa shape index (κ3) is 6.91. The summed E-state index contributed by atoms with van der Waals surface area (Å²) in [4.78, 5) is 26.0. The molecule has 6 N–H and O–H groups in total. The third-order valence-corrected chi connectivity index (χ3v) is 4.80. The van der Waals surface area contributed by atoms with Gasteiger partial charge < -0.3 is 36.5 Å². The van der Waals surface area contributed by atoms with Crippen LogP contribution in [0.15, 0.2) is 36.4 Å². The number of ether oxygens (including phenoxy) is 2. The normalized spacial score (nSPS) is 14.0. The van der Waals surface area contributed by atoms with Gasteiger partial charge in [-0.1, -0.05) is 0 Å². The molecule has 0 radical (unpaired) electrons. The van der Waals surface area contributed by atoms with Gasteiger partial charge >= 0.3 is 6.36 Å². The maximum Gasteiger partial charge on any atom is 0.573 e. The van der Waals surface area contributed by atoms with E-state index in [1.165, 1.54) is 18.2 Å². The van der Waals surface area contributed by atoms with Gasteiger partial charge in [-0.3, -0.25) is 9.59 Å². The van der Waals surface area contributed by atoms with E-state index in [-0.39, 0.29) is 29.9 Å². The molecule has 3 rings (SSSR count). The van der Waals surface area contributed by atoms with Crippen molar-refractivity contribution in [2.75, 3.05) is 54.1 Å². The van der Waals surface area contributed by atoms with Crippen molar-refractivity contribution in [1.29, 1.82) is 0 Å². The van der Waals surface area contributed by atoms with Gasteiger partial charge in [-0.2, -0.15) is 0 Å². The molecule has 12 heteroatoms. The Morgan fingerprint density at radius 3 is 2.39 bits per heavy atom. The van der Waals surface area contributed by atoms with Crippen molar-refractivity contribution in [2.45, 2.75) is 12.8 Å². The highest BCUT2D eigenvalue weighted by Gasteiger charge is 2.31. The van der Waals surface area contributed by atoms with Gasteiger partial charge in [0.1, 0.15) is 5.75 Å². The summed E-state index contributed by atoms with van der Waals surface area (Å²) in [6, 6.07) is 8.04. The van der Waals surface area contributed by atoms with Crippen LogP contribution in [-0.2, 0) is 9.53 Å². The lowest BCUT2D eigenvalue weighted by Gasteiger charge is -2.31. The second-order valence-electron chi connectivity index (χ2n) is 7.23. The number of halogens is 3. The van der Waals surface area contributed by atoms with E-state index in [1.807, 2.05) is 4.90 Å². The fourth-order valence-corrected chi connectivity index (χ4v) is 3.26. The molecule has 0 atom stereocenters. The molecule has 2 aromatic carbocycles. The first-order valence-electron chi connectivity index (χ1n) is 10.1. The summed E-state index contributed by atoms with van der Waals surface area (Å²) in [6.07, 6.45) is -4.69. The fourth-order valence-electron chi connectivity index (χ4n) is 3.26. The molecule has 1 fully saturated rings. The van der Waals surface area contributed by atoms with Crippen LogP contribution >= 0.6 is 0 Å². The van der Waals surface area contributed by atoms with Crippen molar-refractivity contribution in [2.24, 2.45) is 5.73 Å². The van der Waals surface area contributed by atoms with Crippen molar-refractivity contribution < 1.29 is 32.2 Å². The van der Waals surface area contributed by atoms with Crippen molar-refractivity contribution in [3.63, 3.8) is 0 Å². The van der Waals surface area contributed by atoms with E-state index >= 15 is 0 Å². The molecule has 178 valence electrons. The standard InChI is InChI=1S/C21H24F3N5O4/c22-21(23,24)33-14-3-1-13(2-4-14)28-20(31)15-11-16(25)17(27-6-5-19(26)30)12-18(15)29-7-9-32-10-8-29/h1-4,11-12,27H,5-10,25H2,(H2,26,30)(H,28,31). The van der Waals surface area contributed by atoms with Crippen LogP contribution in [-0.4, -0.2) is 51.0 Å². The highest BCUT2D eigenvalue weighted by Crippen LogP contribution is 2.32. The SMILES string of the molecule is NC(=O)CCNc1cc(N2CCOCC2)c(C(=O)Nc2ccc(OC(F)(F)F)cc2)cc1N. The number of carbonyl (C=O) groups is 2. The zero-order chi connectivity index (χ0) is 24.0. The van der Waals surface area contributed by atoms with Crippen LogP contribution in [0.2, 0.25) is 0 Å². The molecule has 0 aliphatic carbocycles. The molecule has 0 unspecified atom stereocenters. The molecule has 0 aromatic heterocycles. The summed E-state index contributed by atoms with van der Waals surface area (Å²) < 4.78 is 46.2. The zero-order valence-electron chi connectivity index (χ0n) is 17.6. The van der Waals surface area contributed by atoms with Crippen LogP contribution in [0.25, 0.3) is 0 Å². The average Bonchev–Trinajstić information content (AvgIpc) is 2.75. The smallest absolute Gasteiger partial charge is 0.406 e. The van der Waals surface area contributed by atoms with Gasteiger partial charge in [0.2, 0.25) is 5.91 Å². The van der Waals surface area contributed by atoms with E-state index < -0.39 is 23.9 Å². The molecule has 1 aliphatic heterocycles. The van der Waals surface area contributed by atoms with Gasteiger partial charge in [-0.25, -0.2) is 0 Å². The first-order chi connectivity index (χ1) is 15.6. The summed E-state index contributed by atoms with van der Waals surface area (Å²) in [5.74, 6) is -1.35. The molecule has 0 bridgehead atoms. The Hall–Kier alpha value is -3.67. The maximum atomic E-state index is 13.0. The quantitative estimate of drug-likeness (QED) is 0.439. The number of rotatable bonds is 8. The fraction of sp³-hybridized carbons (Fsp3) is 0.333. The first-order valence-corrected chi connectivity index (χ1v) is 10.1. The summed E-state index contributed by atoms with van der Waals surface area (Å²) in [5, 5.41) is 5.70. The second-order valence-corrected chi connectivity index (χ2v) is 7.23. The van der Waals surface area contributed by atoms with Gasteiger partial charge in [0.25, 0.3) is 5.91 Å². The number of alkyl halides is 3. The van der Waals surface area contributed by atoms with Crippen LogP contribution in [0.4, 0.5) is 35.9 Å². The van der Waals surface area contributed by atoms with E-state index in [9.17, 15) is 22.8 Å². The minimum atomic E-state index is -4.80. The van der Waals surface area contributed by atoms with Crippen molar-refractivity contribution in [1.82, 2.24) is 0 Å². The van der Waals surface area contributed by atoms with Gasteiger partial charge in [-0.05, 0) is 36.4 Å². The maximum absolute atomic E-state index is 13.0. The summed E-state index contributed by atoms with van der Waals surface area (Å²) >= 11 is 0. The highest BCUT2D eigenvalue weighted by molar-refractivity contribution is 6.09. The Bertz CT molecular complexity index is 993. The van der Waals surface area contributed by atoms with E-state index in [0.29, 0.717) is 37.7 Å². The molecule has 1 heterocycles. The van der Waals surface area contributed by atoms with Crippen LogP contribution in [0.1, 0.15) is 16.8 Å². The Balaban J connectivity index is 1.82. The zero-order valence-corrected chi connectivity index (χ0v) is 17.6. The Morgan fingerprint density at radius 2 is 1.79 bits per heavy atom. The largest absolute Gasteiger partial charge is 0.573 e. The number of amides is 2. The molecule has 33 heavy (non-hydrogen) atoms. The summed E-state index contributed by atoms with van der Waals surface area (Å²) in [6.45, 7) is 2.34. The van der Waals surface area contributed by atoms with E-state index in [1.54, 1.807) is 6.07 Å². The molecule has 1 saturated heterocycles. The van der Waals surface area contributed by atoms with E-state index in [0.717, 1.165) is 12.1 Å². The van der Waals surface area contributed by atoms with Crippen molar-refractivity contribution in [3.8, 4) is 5.75 Å². The lowest BCUT2D eigenvalue weighted by Crippen LogP contribution is -2.37. The number of benzene rings is 2. The topological polar surface area (TPSA) is 132 Å². The first kappa shape index (κ1) is 24.0. The Labute approximate surface area is 187 Å². The molecule has 0 spiro atoms. The molecular weight excluding hydrogens is 443 g/mol. The number of nitrogens with two attached hydrogens (primary N) is 2. The monoisotopic (exact) mass is 467 g/mol. The lowest BCUT2D eigenvalue weighted by molar-refractivity contribution is -0.274. The minimum absolute atomic E-state index is 0.114. The van der Waals surface area contributed by atoms with Crippen LogP contribution in [0.3, 0.4) is 0 Å². The van der Waals surface area contributed by atoms with Gasteiger partial charge in [0, 0.05) is 31.7 Å². The van der Waals surface area contributed by atoms with Gasteiger partial charge in [-0.15, -0.1) is 13.2 Å². The predicted octanol–water partition coefficient (Wildman–Crippen LogP) is 2.54. The number of nitrogens with zero attached hydrogens (tertiary/aromatic N) is 1. The van der Waals surface area contributed by atoms with Crippen LogP contribution in [0, 0.1) is 0 Å². The molecule has 0 saturated carbocycles. The van der Waals surface area contributed by atoms with Crippen LogP contribution in [0.5, 0.6) is 5.75 Å². The number of morpholine rings is 1. The van der Waals surface area contributed by atoms with Crippen molar-refractivity contribution in [3.05, 3.63) is 42.0 Å². The van der Waals surface area contributed by atoms with Gasteiger partial charge in [0.05, 0.1) is 35.8 Å². The molecule has 1 aliphatic rings. The number of nitrogen functional groups attached to an aromatic ring is 1. The molecule has 9 nitrogen and oxygen atoms in total. The number of carbonyl (C=O) groups excluding carboxylic acids is 2. The molecule has 2 amide bonds. The number of anilines is 4. The van der Waals surface area contributed by atoms with Crippen molar-refractivity contribution >= 4 is 34.6 Å². The third-order valence-electron chi connectivity index (χ3n) is 4.80. The average molecular weight is 467 g/mol. The molecular formula is C21H24F3N5O4. The molecule has 2 aromatic rings. The number of primary amides is 1. The Kier molecular flexibility index (Phi) is 7.48. The van der Waals surface area contributed by atoms with E-state index in [2.05, 4.69) is 15.4 Å². The number of hydrogen-bond donors (Lipinski definition) is 4. The van der Waals surface area contributed by atoms with Crippen LogP contribution < -0.4 is 31.7 Å². The highest BCUT2D eigenvalue weighted by atomic mass is 19.4. The number of hydrogen-bond acceptors (Lipinski definition) is 7. The predicted molar refractivity (Wildman–Crippen MR) is 117 cm³/mol. The summed E-state index contributed by atoms with van der Waals surface area (Å²) in [5.41, 5.74) is 13.3.